The minimum atomic E-state index is -0.654. The lowest BCUT2D eigenvalue weighted by Gasteiger charge is -2.26. The van der Waals surface area contributed by atoms with E-state index < -0.39 is 5.97 Å². The molecule has 1 aliphatic carbocycles. The van der Waals surface area contributed by atoms with E-state index in [9.17, 15) is 4.79 Å². The molecule has 1 aliphatic rings. The summed E-state index contributed by atoms with van der Waals surface area (Å²) in [6.07, 6.45) is 3.67. The highest BCUT2D eigenvalue weighted by molar-refractivity contribution is 6.30. The Kier molecular flexibility index (Phi) is 3.49. The molecule has 1 fully saturated rings. The Hall–Kier alpha value is -1.02. The van der Waals surface area contributed by atoms with Gasteiger partial charge in [-0.1, -0.05) is 30.2 Å². The van der Waals surface area contributed by atoms with E-state index in [1.807, 2.05) is 24.3 Å². The van der Waals surface area contributed by atoms with Gasteiger partial charge in [-0.15, -0.1) is 0 Å². The van der Waals surface area contributed by atoms with E-state index in [0.29, 0.717) is 5.92 Å². The maximum atomic E-state index is 11.0. The summed E-state index contributed by atoms with van der Waals surface area (Å²) in [5.74, 6) is -0.444. The first kappa shape index (κ1) is 11.5. The molecule has 0 spiro atoms. The standard InChI is InChI=1S/C13H15ClO2/c14-12-6-4-9(5-7-12)10-2-1-3-11(8-10)13(15)16/h4-7,10-11H,1-3,8H2,(H,15,16). The van der Waals surface area contributed by atoms with E-state index in [1.54, 1.807) is 0 Å². The molecule has 86 valence electrons. The van der Waals surface area contributed by atoms with Crippen LogP contribution < -0.4 is 0 Å². The van der Waals surface area contributed by atoms with Crippen molar-refractivity contribution in [3.8, 4) is 0 Å². The number of hydrogen-bond donors (Lipinski definition) is 1. The highest BCUT2D eigenvalue weighted by Crippen LogP contribution is 2.36. The Morgan fingerprint density at radius 3 is 2.56 bits per heavy atom. The molecule has 1 saturated carbocycles. The fourth-order valence-electron chi connectivity index (χ4n) is 2.45. The molecule has 2 nitrogen and oxygen atoms in total. The summed E-state index contributed by atoms with van der Waals surface area (Å²) in [7, 11) is 0. The van der Waals surface area contributed by atoms with Crippen LogP contribution in [0.3, 0.4) is 0 Å². The summed E-state index contributed by atoms with van der Waals surface area (Å²) < 4.78 is 0. The average Bonchev–Trinajstić information content (AvgIpc) is 2.30. The van der Waals surface area contributed by atoms with Gasteiger partial charge < -0.3 is 5.11 Å². The molecule has 0 aliphatic heterocycles. The molecule has 1 N–H and O–H groups in total. The molecule has 1 aromatic carbocycles. The van der Waals surface area contributed by atoms with Crippen LogP contribution in [-0.4, -0.2) is 11.1 Å². The lowest BCUT2D eigenvalue weighted by atomic mass is 9.78. The van der Waals surface area contributed by atoms with Crippen LogP contribution in [0.1, 0.15) is 37.2 Å². The fraction of sp³-hybridized carbons (Fsp3) is 0.462. The molecule has 1 aromatic rings. The summed E-state index contributed by atoms with van der Waals surface area (Å²) >= 11 is 5.84. The van der Waals surface area contributed by atoms with Crippen LogP contribution in [-0.2, 0) is 4.79 Å². The van der Waals surface area contributed by atoms with E-state index in [4.69, 9.17) is 16.7 Å². The normalized spacial score (nSPS) is 25.3. The van der Waals surface area contributed by atoms with Gasteiger partial charge in [0.15, 0.2) is 0 Å². The number of hydrogen-bond acceptors (Lipinski definition) is 1. The second kappa shape index (κ2) is 4.88. The first-order valence-electron chi connectivity index (χ1n) is 5.65. The molecule has 16 heavy (non-hydrogen) atoms. The minimum absolute atomic E-state index is 0.172. The highest BCUT2D eigenvalue weighted by atomic mass is 35.5. The average molecular weight is 239 g/mol. The van der Waals surface area contributed by atoms with Crippen LogP contribution in [0.25, 0.3) is 0 Å². The maximum Gasteiger partial charge on any atom is 0.306 e. The number of carbonyl (C=O) groups is 1. The molecule has 0 aromatic heterocycles. The molecule has 2 atom stereocenters. The number of carboxylic acids is 1. The molecule has 2 rings (SSSR count). The van der Waals surface area contributed by atoms with Crippen molar-refractivity contribution in [1.29, 1.82) is 0 Å². The van der Waals surface area contributed by atoms with Crippen LogP contribution in [0.4, 0.5) is 0 Å². The van der Waals surface area contributed by atoms with Gasteiger partial charge in [0.25, 0.3) is 0 Å². The van der Waals surface area contributed by atoms with Gasteiger partial charge >= 0.3 is 5.97 Å². The summed E-state index contributed by atoms with van der Waals surface area (Å²) in [6, 6.07) is 7.77. The van der Waals surface area contributed by atoms with Gasteiger partial charge in [0, 0.05) is 5.02 Å². The van der Waals surface area contributed by atoms with Gasteiger partial charge in [0.1, 0.15) is 0 Å². The summed E-state index contributed by atoms with van der Waals surface area (Å²) in [5.41, 5.74) is 1.22. The zero-order valence-corrected chi connectivity index (χ0v) is 9.78. The van der Waals surface area contributed by atoms with Crippen LogP contribution >= 0.6 is 11.6 Å². The topological polar surface area (TPSA) is 37.3 Å². The van der Waals surface area contributed by atoms with E-state index in [1.165, 1.54) is 5.56 Å². The summed E-state index contributed by atoms with van der Waals surface area (Å²) in [4.78, 5) is 11.0. The number of aliphatic carboxylic acids is 1. The van der Waals surface area contributed by atoms with Crippen LogP contribution in [0.15, 0.2) is 24.3 Å². The van der Waals surface area contributed by atoms with Gasteiger partial charge in [0.05, 0.1) is 5.92 Å². The largest absolute Gasteiger partial charge is 0.481 e. The second-order valence-electron chi connectivity index (χ2n) is 4.45. The first-order chi connectivity index (χ1) is 7.66. The van der Waals surface area contributed by atoms with Gasteiger partial charge in [-0.2, -0.15) is 0 Å². The fourth-order valence-corrected chi connectivity index (χ4v) is 2.58. The Balaban J connectivity index is 2.09. The minimum Gasteiger partial charge on any atom is -0.481 e. The van der Waals surface area contributed by atoms with Crippen molar-refractivity contribution in [3.63, 3.8) is 0 Å². The van der Waals surface area contributed by atoms with E-state index in [2.05, 4.69) is 0 Å². The van der Waals surface area contributed by atoms with Crippen molar-refractivity contribution >= 4 is 17.6 Å². The monoisotopic (exact) mass is 238 g/mol. The molecular formula is C13H15ClO2. The number of halogens is 1. The van der Waals surface area contributed by atoms with Crippen molar-refractivity contribution in [2.24, 2.45) is 5.92 Å². The van der Waals surface area contributed by atoms with E-state index in [0.717, 1.165) is 30.7 Å². The lowest BCUT2D eigenvalue weighted by Crippen LogP contribution is -2.21. The summed E-state index contributed by atoms with van der Waals surface area (Å²) in [6.45, 7) is 0. The third-order valence-electron chi connectivity index (χ3n) is 3.36. The zero-order valence-electron chi connectivity index (χ0n) is 9.03. The van der Waals surface area contributed by atoms with Gasteiger partial charge in [0.2, 0.25) is 0 Å². The van der Waals surface area contributed by atoms with Crippen LogP contribution in [0, 0.1) is 5.92 Å². The van der Waals surface area contributed by atoms with Gasteiger partial charge in [-0.05, 0) is 42.9 Å². The predicted octanol–water partition coefficient (Wildman–Crippen LogP) is 3.70. The molecular weight excluding hydrogens is 224 g/mol. The SMILES string of the molecule is O=C(O)C1CCCC(c2ccc(Cl)cc2)C1. The van der Waals surface area contributed by atoms with E-state index in [-0.39, 0.29) is 5.92 Å². The zero-order chi connectivity index (χ0) is 11.5. The third kappa shape index (κ3) is 2.56. The Morgan fingerprint density at radius 2 is 1.94 bits per heavy atom. The van der Waals surface area contributed by atoms with Gasteiger partial charge in [-0.3, -0.25) is 4.79 Å². The van der Waals surface area contributed by atoms with Crippen molar-refractivity contribution in [3.05, 3.63) is 34.9 Å². The van der Waals surface area contributed by atoms with Crippen molar-refractivity contribution in [1.82, 2.24) is 0 Å². The predicted molar refractivity (Wildman–Crippen MR) is 63.8 cm³/mol. The Labute approximate surface area is 100 Å². The Bertz CT molecular complexity index is 372. The lowest BCUT2D eigenvalue weighted by molar-refractivity contribution is -0.142. The van der Waals surface area contributed by atoms with Gasteiger partial charge in [-0.25, -0.2) is 0 Å². The van der Waals surface area contributed by atoms with Crippen molar-refractivity contribution in [2.45, 2.75) is 31.6 Å². The van der Waals surface area contributed by atoms with Crippen molar-refractivity contribution < 1.29 is 9.90 Å². The Morgan fingerprint density at radius 1 is 1.25 bits per heavy atom. The molecule has 2 unspecified atom stereocenters. The maximum absolute atomic E-state index is 11.0. The molecule has 0 saturated heterocycles. The smallest absolute Gasteiger partial charge is 0.306 e. The third-order valence-corrected chi connectivity index (χ3v) is 3.62. The first-order valence-corrected chi connectivity index (χ1v) is 6.03. The van der Waals surface area contributed by atoms with Crippen LogP contribution in [0.2, 0.25) is 5.02 Å². The highest BCUT2D eigenvalue weighted by Gasteiger charge is 2.27. The molecule has 0 amide bonds. The number of rotatable bonds is 2. The molecule has 3 heteroatoms. The second-order valence-corrected chi connectivity index (χ2v) is 4.89. The van der Waals surface area contributed by atoms with Crippen LogP contribution in [0.5, 0.6) is 0 Å². The number of benzene rings is 1. The van der Waals surface area contributed by atoms with E-state index >= 15 is 0 Å². The molecule has 0 radical (unpaired) electrons. The molecule has 0 heterocycles. The number of carboxylic acid groups (broad SMARTS) is 1. The van der Waals surface area contributed by atoms with Crippen molar-refractivity contribution in [2.75, 3.05) is 0 Å². The summed E-state index contributed by atoms with van der Waals surface area (Å²) in [5, 5.41) is 9.76. The molecule has 0 bridgehead atoms. The quantitative estimate of drug-likeness (QED) is 0.853.